The molecule has 1 rings (SSSR count). The van der Waals surface area contributed by atoms with Gasteiger partial charge >= 0.3 is 0 Å². The first-order valence-corrected chi connectivity index (χ1v) is 3.56. The summed E-state index contributed by atoms with van der Waals surface area (Å²) in [6.07, 6.45) is -6.75. The summed E-state index contributed by atoms with van der Waals surface area (Å²) in [5.41, 5.74) is 0. The number of ether oxygens (including phenoxy) is 1. The van der Waals surface area contributed by atoms with Gasteiger partial charge in [-0.05, 0) is 0 Å². The van der Waals surface area contributed by atoms with E-state index in [0.29, 0.717) is 0 Å². The maximum atomic E-state index is 9.12. The maximum absolute atomic E-state index is 9.12. The van der Waals surface area contributed by atoms with Gasteiger partial charge < -0.3 is 30.3 Å². The fraction of sp³-hybridized carbons (Fsp3) is 1.00. The lowest BCUT2D eigenvalue weighted by molar-refractivity contribution is -0.150. The van der Waals surface area contributed by atoms with Crippen LogP contribution in [0.5, 0.6) is 0 Å². The average Bonchev–Trinajstić information content (AvgIpc) is 2.32. The number of aliphatic hydroxyl groups is 5. The summed E-state index contributed by atoms with van der Waals surface area (Å²) in [6, 6.07) is 0. The minimum atomic E-state index is -1.51. The first-order valence-electron chi connectivity index (χ1n) is 3.56. The molecular weight excluding hydrogens is 168 g/mol. The van der Waals surface area contributed by atoms with Crippen LogP contribution in [0.2, 0.25) is 0 Å². The van der Waals surface area contributed by atoms with Gasteiger partial charge in [0.1, 0.15) is 24.4 Å². The van der Waals surface area contributed by atoms with Gasteiger partial charge in [-0.2, -0.15) is 0 Å². The van der Waals surface area contributed by atoms with Gasteiger partial charge in [0, 0.05) is 0 Å². The Balaban J connectivity index is 2.58. The molecule has 1 aliphatic heterocycles. The molecule has 1 aliphatic rings. The number of hydrogen-bond acceptors (Lipinski definition) is 6. The molecule has 0 radical (unpaired) electrons. The van der Waals surface area contributed by atoms with E-state index in [1.165, 1.54) is 0 Å². The van der Waals surface area contributed by atoms with Gasteiger partial charge in [-0.25, -0.2) is 0 Å². The van der Waals surface area contributed by atoms with Crippen molar-refractivity contribution in [2.45, 2.75) is 30.7 Å². The molecule has 6 nitrogen and oxygen atoms in total. The largest absolute Gasteiger partial charge is 0.394 e. The van der Waals surface area contributed by atoms with Crippen molar-refractivity contribution in [3.8, 4) is 0 Å². The molecule has 6 heteroatoms. The van der Waals surface area contributed by atoms with E-state index in [2.05, 4.69) is 4.74 Å². The Labute approximate surface area is 68.6 Å². The van der Waals surface area contributed by atoms with Crippen LogP contribution in [-0.2, 0) is 4.74 Å². The smallest absolute Gasteiger partial charge is 0.184 e. The van der Waals surface area contributed by atoms with Crippen LogP contribution in [0.15, 0.2) is 0 Å². The molecule has 0 spiro atoms. The molecule has 1 fully saturated rings. The zero-order valence-corrected chi connectivity index (χ0v) is 6.24. The van der Waals surface area contributed by atoms with Crippen LogP contribution in [0, 0.1) is 0 Å². The number of aliphatic hydroxyl groups excluding tert-OH is 5. The van der Waals surface area contributed by atoms with Gasteiger partial charge in [0.15, 0.2) is 6.29 Å². The molecule has 0 aromatic carbocycles. The van der Waals surface area contributed by atoms with Crippen molar-refractivity contribution in [3.63, 3.8) is 0 Å². The molecule has 72 valence electrons. The second kappa shape index (κ2) is 3.65. The van der Waals surface area contributed by atoms with Gasteiger partial charge in [-0.15, -0.1) is 0 Å². The second-order valence-electron chi connectivity index (χ2n) is 2.72. The van der Waals surface area contributed by atoms with E-state index in [1.54, 1.807) is 0 Å². The number of hydrogen-bond donors (Lipinski definition) is 5. The highest BCUT2D eigenvalue weighted by Crippen LogP contribution is 2.21. The molecule has 5 atom stereocenters. The van der Waals surface area contributed by atoms with Crippen molar-refractivity contribution >= 4 is 0 Å². The molecule has 12 heavy (non-hydrogen) atoms. The lowest BCUT2D eigenvalue weighted by Gasteiger charge is -2.18. The van der Waals surface area contributed by atoms with Crippen molar-refractivity contribution in [3.05, 3.63) is 0 Å². The van der Waals surface area contributed by atoms with Crippen molar-refractivity contribution in [2.24, 2.45) is 0 Å². The summed E-state index contributed by atoms with van der Waals surface area (Å²) in [5, 5.41) is 44.4. The van der Waals surface area contributed by atoms with E-state index in [-0.39, 0.29) is 0 Å². The first kappa shape index (κ1) is 9.85. The van der Waals surface area contributed by atoms with E-state index >= 15 is 0 Å². The van der Waals surface area contributed by atoms with Crippen LogP contribution < -0.4 is 0 Å². The molecule has 1 heterocycles. The molecule has 0 aromatic rings. The fourth-order valence-corrected chi connectivity index (χ4v) is 1.11. The molecule has 1 unspecified atom stereocenters. The van der Waals surface area contributed by atoms with Crippen LogP contribution in [-0.4, -0.2) is 62.8 Å². The predicted molar refractivity (Wildman–Crippen MR) is 36.0 cm³/mol. The summed E-state index contributed by atoms with van der Waals surface area (Å²) >= 11 is 0. The molecule has 5 N–H and O–H groups in total. The zero-order chi connectivity index (χ0) is 9.30. The second-order valence-corrected chi connectivity index (χ2v) is 2.72. The summed E-state index contributed by atoms with van der Waals surface area (Å²) in [4.78, 5) is 0. The molecule has 0 amide bonds. The van der Waals surface area contributed by atoms with E-state index in [0.717, 1.165) is 0 Å². The quantitative estimate of drug-likeness (QED) is 0.306. The third kappa shape index (κ3) is 1.58. The van der Waals surface area contributed by atoms with Gasteiger partial charge in [0.25, 0.3) is 0 Å². The summed E-state index contributed by atoms with van der Waals surface area (Å²) in [5.74, 6) is 0. The van der Waals surface area contributed by atoms with E-state index in [9.17, 15) is 0 Å². The number of rotatable bonds is 2. The molecule has 0 saturated carbocycles. The first-order chi connectivity index (χ1) is 5.57. The Morgan fingerprint density at radius 1 is 1.17 bits per heavy atom. The topological polar surface area (TPSA) is 110 Å². The Hall–Kier alpha value is -0.240. The predicted octanol–water partition coefficient (Wildman–Crippen LogP) is -3.22. The molecule has 0 bridgehead atoms. The lowest BCUT2D eigenvalue weighted by atomic mass is 10.1. The van der Waals surface area contributed by atoms with Crippen LogP contribution >= 0.6 is 0 Å². The third-order valence-electron chi connectivity index (χ3n) is 1.84. The summed E-state index contributed by atoms with van der Waals surface area (Å²) in [6.45, 7) is -0.596. The monoisotopic (exact) mass is 180 g/mol. The van der Waals surface area contributed by atoms with E-state index in [4.69, 9.17) is 25.5 Å². The van der Waals surface area contributed by atoms with Crippen molar-refractivity contribution in [1.29, 1.82) is 0 Å². The highest BCUT2D eigenvalue weighted by Gasteiger charge is 2.44. The molecule has 1 saturated heterocycles. The van der Waals surface area contributed by atoms with Crippen LogP contribution in [0.1, 0.15) is 0 Å². The van der Waals surface area contributed by atoms with Gasteiger partial charge in [0.2, 0.25) is 0 Å². The SMILES string of the molecule is OC[C@H](O)[C@H]1OC(O)[C@@H](O)[C@H]1O. The van der Waals surface area contributed by atoms with Gasteiger partial charge in [-0.1, -0.05) is 0 Å². The van der Waals surface area contributed by atoms with Gasteiger partial charge in [0.05, 0.1) is 6.61 Å². The van der Waals surface area contributed by atoms with Crippen molar-refractivity contribution in [2.75, 3.05) is 6.61 Å². The van der Waals surface area contributed by atoms with Crippen molar-refractivity contribution in [1.82, 2.24) is 0 Å². The minimum Gasteiger partial charge on any atom is -0.394 e. The highest BCUT2D eigenvalue weighted by molar-refractivity contribution is 4.89. The lowest BCUT2D eigenvalue weighted by Crippen LogP contribution is -2.40. The Morgan fingerprint density at radius 2 is 1.75 bits per heavy atom. The third-order valence-corrected chi connectivity index (χ3v) is 1.84. The standard InChI is InChI=1S/C6H12O6/c7-1-2(8)5-3(9)4(10)6(11)12-5/h2-11H,1H2/t2-,3+,4-,5+,6?/m0/s1. The zero-order valence-electron chi connectivity index (χ0n) is 6.24. The van der Waals surface area contributed by atoms with Gasteiger partial charge in [-0.3, -0.25) is 0 Å². The van der Waals surface area contributed by atoms with Crippen LogP contribution in [0.4, 0.5) is 0 Å². The Bertz CT molecular complexity index is 151. The van der Waals surface area contributed by atoms with E-state index in [1.807, 2.05) is 0 Å². The average molecular weight is 180 g/mol. The Morgan fingerprint density at radius 3 is 2.08 bits per heavy atom. The fourth-order valence-electron chi connectivity index (χ4n) is 1.11. The van der Waals surface area contributed by atoms with Crippen molar-refractivity contribution < 1.29 is 30.3 Å². The highest BCUT2D eigenvalue weighted by atomic mass is 16.6. The van der Waals surface area contributed by atoms with Crippen LogP contribution in [0.3, 0.4) is 0 Å². The normalized spacial score (nSPS) is 44.8. The minimum absolute atomic E-state index is 0.596. The van der Waals surface area contributed by atoms with Crippen LogP contribution in [0.25, 0.3) is 0 Å². The molecular formula is C6H12O6. The summed E-state index contributed by atoms with van der Waals surface area (Å²) < 4.78 is 4.58. The van der Waals surface area contributed by atoms with E-state index < -0.39 is 37.3 Å². The maximum Gasteiger partial charge on any atom is 0.184 e. The Kier molecular flexibility index (Phi) is 2.99. The molecule has 0 aromatic heterocycles. The molecule has 0 aliphatic carbocycles. The summed E-state index contributed by atoms with van der Waals surface area (Å²) in [7, 11) is 0.